The molecular weight excluding hydrogens is 379 g/mol. The van der Waals surface area contributed by atoms with Crippen molar-refractivity contribution in [2.24, 2.45) is 5.92 Å². The van der Waals surface area contributed by atoms with Crippen LogP contribution in [0.3, 0.4) is 0 Å². The molecule has 0 heterocycles. The Balaban J connectivity index is 1.66. The van der Waals surface area contributed by atoms with Crippen molar-refractivity contribution in [2.75, 3.05) is 5.32 Å². The second-order valence-electron chi connectivity index (χ2n) is 7.49. The molecule has 1 fully saturated rings. The van der Waals surface area contributed by atoms with Gasteiger partial charge in [-0.1, -0.05) is 49.6 Å². The van der Waals surface area contributed by atoms with Gasteiger partial charge in [-0.2, -0.15) is 13.2 Å². The summed E-state index contributed by atoms with van der Waals surface area (Å²) in [4.78, 5) is 25.2. The fourth-order valence-corrected chi connectivity index (χ4v) is 3.73. The molecule has 0 bridgehead atoms. The van der Waals surface area contributed by atoms with Crippen LogP contribution in [0.4, 0.5) is 18.9 Å². The highest BCUT2D eigenvalue weighted by Crippen LogP contribution is 2.30. The maximum Gasteiger partial charge on any atom is 0.416 e. The minimum atomic E-state index is -4.41. The van der Waals surface area contributed by atoms with E-state index in [2.05, 4.69) is 5.32 Å². The van der Waals surface area contributed by atoms with E-state index in [9.17, 15) is 22.8 Å². The normalized spacial score (nSPS) is 15.1. The zero-order valence-corrected chi connectivity index (χ0v) is 16.1. The number of halogens is 3. The molecule has 3 nitrogen and oxygen atoms in total. The molecule has 0 saturated heterocycles. The van der Waals surface area contributed by atoms with Gasteiger partial charge in [-0.25, -0.2) is 0 Å². The molecule has 2 aromatic carbocycles. The molecule has 1 N–H and O–H groups in total. The van der Waals surface area contributed by atoms with Gasteiger partial charge in [0.05, 0.1) is 11.3 Å². The molecule has 29 heavy (non-hydrogen) atoms. The van der Waals surface area contributed by atoms with E-state index >= 15 is 0 Å². The fraction of sp³-hybridized carbons (Fsp3) is 0.391. The van der Waals surface area contributed by atoms with Crippen LogP contribution in [0.15, 0.2) is 48.5 Å². The first-order valence-electron chi connectivity index (χ1n) is 9.94. The molecule has 0 unspecified atom stereocenters. The number of aryl methyl sites for hydroxylation is 1. The number of rotatable bonds is 6. The topological polar surface area (TPSA) is 46.2 Å². The van der Waals surface area contributed by atoms with E-state index in [0.717, 1.165) is 44.2 Å². The number of amides is 1. The lowest BCUT2D eigenvalue weighted by atomic mass is 9.88. The average molecular weight is 403 g/mol. The van der Waals surface area contributed by atoms with Crippen LogP contribution in [0.5, 0.6) is 0 Å². The van der Waals surface area contributed by atoms with Gasteiger partial charge in [-0.3, -0.25) is 9.59 Å². The monoisotopic (exact) mass is 403 g/mol. The summed E-state index contributed by atoms with van der Waals surface area (Å²) in [5.74, 6) is -0.304. The van der Waals surface area contributed by atoms with Gasteiger partial charge in [-0.15, -0.1) is 0 Å². The smallest absolute Gasteiger partial charge is 0.325 e. The Kier molecular flexibility index (Phi) is 6.72. The molecule has 154 valence electrons. The molecule has 6 heteroatoms. The number of hydrogen-bond donors (Lipinski definition) is 1. The summed E-state index contributed by atoms with van der Waals surface area (Å²) in [7, 11) is 0. The minimum Gasteiger partial charge on any atom is -0.325 e. The number of hydrogen-bond acceptors (Lipinski definition) is 2. The van der Waals surface area contributed by atoms with E-state index in [1.165, 1.54) is 6.07 Å². The van der Waals surface area contributed by atoms with Crippen LogP contribution >= 0.6 is 0 Å². The molecule has 0 aromatic heterocycles. The van der Waals surface area contributed by atoms with Gasteiger partial charge in [0.25, 0.3) is 0 Å². The third kappa shape index (κ3) is 5.68. The molecular formula is C23H24F3NO2. The summed E-state index contributed by atoms with van der Waals surface area (Å²) in [6.07, 6.45) is 0.802. The number of benzene rings is 2. The second-order valence-corrected chi connectivity index (χ2v) is 7.49. The van der Waals surface area contributed by atoms with Crippen LogP contribution in [0, 0.1) is 5.92 Å². The Morgan fingerprint density at radius 2 is 1.69 bits per heavy atom. The summed E-state index contributed by atoms with van der Waals surface area (Å²) >= 11 is 0. The van der Waals surface area contributed by atoms with Crippen LogP contribution in [-0.4, -0.2) is 11.7 Å². The van der Waals surface area contributed by atoms with E-state index in [-0.39, 0.29) is 30.4 Å². The van der Waals surface area contributed by atoms with Crippen molar-refractivity contribution in [3.05, 3.63) is 65.2 Å². The first-order chi connectivity index (χ1) is 13.8. The highest BCUT2D eigenvalue weighted by atomic mass is 19.4. The van der Waals surface area contributed by atoms with Crippen LogP contribution in [0.2, 0.25) is 0 Å². The Morgan fingerprint density at radius 1 is 0.966 bits per heavy atom. The molecule has 0 radical (unpaired) electrons. The van der Waals surface area contributed by atoms with E-state index in [0.29, 0.717) is 16.8 Å². The molecule has 1 aliphatic carbocycles. The lowest BCUT2D eigenvalue weighted by Crippen LogP contribution is -2.25. The van der Waals surface area contributed by atoms with E-state index in [1.54, 1.807) is 30.3 Å². The third-order valence-electron chi connectivity index (χ3n) is 5.36. The Hall–Kier alpha value is -2.63. The minimum absolute atomic E-state index is 0.0305. The first-order valence-corrected chi connectivity index (χ1v) is 9.94. The molecule has 0 atom stereocenters. The highest BCUT2D eigenvalue weighted by molar-refractivity contribution is 6.05. The summed E-state index contributed by atoms with van der Waals surface area (Å²) in [6, 6.07) is 11.8. The Morgan fingerprint density at radius 3 is 2.41 bits per heavy atom. The lowest BCUT2D eigenvalue weighted by molar-refractivity contribution is -0.137. The maximum absolute atomic E-state index is 12.9. The van der Waals surface area contributed by atoms with Crippen molar-refractivity contribution in [3.63, 3.8) is 0 Å². The Bertz CT molecular complexity index is 870. The summed E-state index contributed by atoms with van der Waals surface area (Å²) in [5.41, 5.74) is 0.597. The average Bonchev–Trinajstić information content (AvgIpc) is 2.72. The number of alkyl halides is 3. The number of carbonyl (C=O) groups is 2. The number of Topliss-reactive ketones (excluding diaryl/α,β-unsaturated/α-hetero) is 1. The van der Waals surface area contributed by atoms with Gasteiger partial charge in [0.2, 0.25) is 5.91 Å². The molecule has 0 aliphatic heterocycles. The van der Waals surface area contributed by atoms with Gasteiger partial charge < -0.3 is 5.32 Å². The first kappa shape index (κ1) is 21.1. The second kappa shape index (κ2) is 9.25. The van der Waals surface area contributed by atoms with Gasteiger partial charge in [0.15, 0.2) is 5.78 Å². The number of ketones is 1. The molecule has 2 aromatic rings. The summed E-state index contributed by atoms with van der Waals surface area (Å²) in [5, 5.41) is 2.88. The van der Waals surface area contributed by atoms with Gasteiger partial charge in [-0.05, 0) is 43.0 Å². The van der Waals surface area contributed by atoms with Crippen molar-refractivity contribution in [1.29, 1.82) is 0 Å². The predicted molar refractivity (Wildman–Crippen MR) is 106 cm³/mol. The Labute approximate surface area is 168 Å². The van der Waals surface area contributed by atoms with Crippen molar-refractivity contribution in [1.82, 2.24) is 0 Å². The summed E-state index contributed by atoms with van der Waals surface area (Å²) in [6.45, 7) is 0. The van der Waals surface area contributed by atoms with Crippen LogP contribution in [-0.2, 0) is 17.4 Å². The standard InChI is InChI=1S/C23H24F3NO2/c24-23(25,26)18-10-6-7-16(15-18)13-14-21(28)19-11-4-5-12-20(19)27-22(29)17-8-2-1-3-9-17/h4-7,10-12,15,17H,1-3,8-9,13-14H2,(H,27,29). The largest absolute Gasteiger partial charge is 0.416 e. The SMILES string of the molecule is O=C(CCc1cccc(C(F)(F)F)c1)c1ccccc1NC(=O)C1CCCCC1. The van der Waals surface area contributed by atoms with Crippen LogP contribution in [0.25, 0.3) is 0 Å². The van der Waals surface area contributed by atoms with E-state index in [4.69, 9.17) is 0 Å². The molecule has 1 saturated carbocycles. The van der Waals surface area contributed by atoms with Crippen molar-refractivity contribution in [3.8, 4) is 0 Å². The van der Waals surface area contributed by atoms with Crippen molar-refractivity contribution < 1.29 is 22.8 Å². The third-order valence-corrected chi connectivity index (χ3v) is 5.36. The number of anilines is 1. The number of nitrogens with one attached hydrogen (secondary N) is 1. The van der Waals surface area contributed by atoms with Gasteiger partial charge >= 0.3 is 6.18 Å². The lowest BCUT2D eigenvalue weighted by Gasteiger charge is -2.21. The quantitative estimate of drug-likeness (QED) is 0.598. The maximum atomic E-state index is 12.9. The van der Waals surface area contributed by atoms with E-state index in [1.807, 2.05) is 0 Å². The summed E-state index contributed by atoms with van der Waals surface area (Å²) < 4.78 is 38.6. The van der Waals surface area contributed by atoms with Gasteiger partial charge in [0, 0.05) is 17.9 Å². The van der Waals surface area contributed by atoms with Crippen LogP contribution in [0.1, 0.15) is 60.0 Å². The van der Waals surface area contributed by atoms with Gasteiger partial charge in [0.1, 0.15) is 0 Å². The highest BCUT2D eigenvalue weighted by Gasteiger charge is 2.30. The number of para-hydroxylation sites is 1. The van der Waals surface area contributed by atoms with E-state index < -0.39 is 11.7 Å². The fourth-order valence-electron chi connectivity index (χ4n) is 3.73. The van der Waals surface area contributed by atoms with Crippen molar-refractivity contribution in [2.45, 2.75) is 51.1 Å². The molecule has 3 rings (SSSR count). The van der Waals surface area contributed by atoms with Crippen molar-refractivity contribution >= 4 is 17.4 Å². The zero-order chi connectivity index (χ0) is 20.9. The molecule has 0 spiro atoms. The molecule has 1 amide bonds. The molecule has 1 aliphatic rings. The predicted octanol–water partition coefficient (Wildman–Crippen LogP) is 6.04. The van der Waals surface area contributed by atoms with Crippen LogP contribution < -0.4 is 5.32 Å². The zero-order valence-electron chi connectivity index (χ0n) is 16.1. The number of carbonyl (C=O) groups excluding carboxylic acids is 2.